The van der Waals surface area contributed by atoms with Crippen LogP contribution in [-0.2, 0) is 10.0 Å². The maximum Gasteiger partial charge on any atom is 0.282 e. The lowest BCUT2D eigenvalue weighted by atomic mass is 10.2. The van der Waals surface area contributed by atoms with Gasteiger partial charge in [0.1, 0.15) is 5.75 Å². The van der Waals surface area contributed by atoms with Crippen molar-refractivity contribution in [3.8, 4) is 5.75 Å². The molecule has 2 aromatic carbocycles. The van der Waals surface area contributed by atoms with Crippen LogP contribution >= 0.6 is 0 Å². The number of hydrogen-bond donors (Lipinski definition) is 0. The second-order valence-corrected chi connectivity index (χ2v) is 6.93. The van der Waals surface area contributed by atoms with Gasteiger partial charge in [0.15, 0.2) is 0 Å². The summed E-state index contributed by atoms with van der Waals surface area (Å²) in [7, 11) is -3.68. The van der Waals surface area contributed by atoms with Crippen molar-refractivity contribution in [3.63, 3.8) is 0 Å². The van der Waals surface area contributed by atoms with Crippen LogP contribution in [0.3, 0.4) is 0 Å². The van der Waals surface area contributed by atoms with Gasteiger partial charge in [0.25, 0.3) is 10.0 Å². The van der Waals surface area contributed by atoms with Gasteiger partial charge in [-0.3, -0.25) is 0 Å². The zero-order chi connectivity index (χ0) is 16.7. The highest BCUT2D eigenvalue weighted by Gasteiger charge is 2.10. The van der Waals surface area contributed by atoms with Crippen LogP contribution in [0.5, 0.6) is 5.75 Å². The quantitative estimate of drug-likeness (QED) is 0.569. The summed E-state index contributed by atoms with van der Waals surface area (Å²) in [5.41, 5.74) is 1.69. The lowest BCUT2D eigenvalue weighted by Gasteiger charge is -2.05. The first kappa shape index (κ1) is 17.2. The number of hydrogen-bond acceptors (Lipinski definition) is 3. The molecule has 0 saturated heterocycles. The summed E-state index contributed by atoms with van der Waals surface area (Å²) in [6.07, 6.45) is 3.40. The van der Waals surface area contributed by atoms with Crippen molar-refractivity contribution in [2.45, 2.75) is 31.6 Å². The van der Waals surface area contributed by atoms with E-state index in [-0.39, 0.29) is 4.90 Å². The fourth-order valence-electron chi connectivity index (χ4n) is 1.92. The Morgan fingerprint density at radius 2 is 1.87 bits per heavy atom. The Labute approximate surface area is 137 Å². The van der Waals surface area contributed by atoms with Gasteiger partial charge in [0.2, 0.25) is 0 Å². The highest BCUT2D eigenvalue weighted by atomic mass is 32.2. The third kappa shape index (κ3) is 5.21. The van der Waals surface area contributed by atoms with Crippen molar-refractivity contribution in [1.29, 1.82) is 0 Å². The van der Waals surface area contributed by atoms with Crippen molar-refractivity contribution in [2.75, 3.05) is 6.61 Å². The molecule has 0 aliphatic carbocycles. The van der Waals surface area contributed by atoms with E-state index in [0.29, 0.717) is 12.2 Å². The van der Waals surface area contributed by atoms with Crippen LogP contribution < -0.4 is 4.74 Å². The molecule has 0 bridgehead atoms. The Bertz CT molecular complexity index is 765. The fourth-order valence-corrected chi connectivity index (χ4v) is 2.78. The summed E-state index contributed by atoms with van der Waals surface area (Å²) in [5, 5.41) is 0. The summed E-state index contributed by atoms with van der Waals surface area (Å²) in [5.74, 6) is 0.718. The van der Waals surface area contributed by atoms with Gasteiger partial charge in [-0.2, -0.15) is 12.8 Å². The Hall–Kier alpha value is -2.14. The Balaban J connectivity index is 2.12. The van der Waals surface area contributed by atoms with Crippen molar-refractivity contribution < 1.29 is 13.2 Å². The zero-order valence-corrected chi connectivity index (χ0v) is 14.2. The number of ether oxygens (including phenoxy) is 1. The lowest BCUT2D eigenvalue weighted by Crippen LogP contribution is -1.99. The maximum absolute atomic E-state index is 12.2. The van der Waals surface area contributed by atoms with Gasteiger partial charge in [-0.1, -0.05) is 43.2 Å². The molecule has 122 valence electrons. The molecule has 0 unspecified atom stereocenters. The van der Waals surface area contributed by atoms with Crippen LogP contribution in [0, 0.1) is 6.92 Å². The SMILES string of the molecule is CCCCOc1cccc(/C=N\S(=O)(=O)c2ccc(C)cc2)c1. The van der Waals surface area contributed by atoms with E-state index >= 15 is 0 Å². The average molecular weight is 331 g/mol. The normalized spacial score (nSPS) is 11.7. The summed E-state index contributed by atoms with van der Waals surface area (Å²) in [6, 6.07) is 13.9. The smallest absolute Gasteiger partial charge is 0.282 e. The fraction of sp³-hybridized carbons (Fsp3) is 0.278. The minimum atomic E-state index is -3.68. The summed E-state index contributed by atoms with van der Waals surface area (Å²) in [4.78, 5) is 0.190. The second kappa shape index (κ2) is 7.92. The molecule has 23 heavy (non-hydrogen) atoms. The monoisotopic (exact) mass is 331 g/mol. The molecule has 0 atom stereocenters. The molecular formula is C18H21NO3S. The first-order valence-corrected chi connectivity index (χ1v) is 9.05. The molecule has 0 aliphatic rings. The molecular weight excluding hydrogens is 310 g/mol. The van der Waals surface area contributed by atoms with Gasteiger partial charge >= 0.3 is 0 Å². The van der Waals surface area contributed by atoms with Crippen molar-refractivity contribution in [2.24, 2.45) is 4.40 Å². The van der Waals surface area contributed by atoms with E-state index in [9.17, 15) is 8.42 Å². The molecule has 0 spiro atoms. The predicted molar refractivity (Wildman–Crippen MR) is 92.8 cm³/mol. The second-order valence-electron chi connectivity index (χ2n) is 5.30. The Morgan fingerprint density at radius 3 is 2.57 bits per heavy atom. The molecule has 0 radical (unpaired) electrons. The van der Waals surface area contributed by atoms with Crippen molar-refractivity contribution >= 4 is 16.2 Å². The van der Waals surface area contributed by atoms with E-state index in [4.69, 9.17) is 4.74 Å². The molecule has 5 heteroatoms. The van der Waals surface area contributed by atoms with E-state index in [1.165, 1.54) is 6.21 Å². The largest absolute Gasteiger partial charge is 0.494 e. The number of nitrogens with zero attached hydrogens (tertiary/aromatic N) is 1. The number of sulfonamides is 1. The van der Waals surface area contributed by atoms with Crippen molar-refractivity contribution in [3.05, 3.63) is 59.7 Å². The van der Waals surface area contributed by atoms with Gasteiger partial charge < -0.3 is 4.74 Å². The van der Waals surface area contributed by atoms with Crippen LogP contribution in [0.25, 0.3) is 0 Å². The molecule has 0 N–H and O–H groups in total. The third-order valence-electron chi connectivity index (χ3n) is 3.28. The van der Waals surface area contributed by atoms with E-state index in [1.807, 2.05) is 19.1 Å². The standard InChI is InChI=1S/C18H21NO3S/c1-3-4-12-22-17-7-5-6-16(13-17)14-19-23(20,21)18-10-8-15(2)9-11-18/h5-11,13-14H,3-4,12H2,1-2H3/b19-14-. The average Bonchev–Trinajstić information content (AvgIpc) is 2.54. The lowest BCUT2D eigenvalue weighted by molar-refractivity contribution is 0.309. The van der Waals surface area contributed by atoms with Gasteiger partial charge in [-0.25, -0.2) is 0 Å². The van der Waals surface area contributed by atoms with Crippen LogP contribution in [0.4, 0.5) is 0 Å². The third-order valence-corrected chi connectivity index (χ3v) is 4.53. The molecule has 0 fully saturated rings. The summed E-state index contributed by atoms with van der Waals surface area (Å²) >= 11 is 0. The molecule has 0 aromatic heterocycles. The van der Waals surface area contributed by atoms with Crippen LogP contribution in [0.2, 0.25) is 0 Å². The first-order chi connectivity index (χ1) is 11.0. The molecule has 0 amide bonds. The Kier molecular flexibility index (Phi) is 5.93. The van der Waals surface area contributed by atoms with Gasteiger partial charge in [0.05, 0.1) is 11.5 Å². The van der Waals surface area contributed by atoms with Crippen LogP contribution in [-0.4, -0.2) is 21.2 Å². The van der Waals surface area contributed by atoms with Gasteiger partial charge in [0, 0.05) is 6.21 Å². The zero-order valence-electron chi connectivity index (χ0n) is 13.4. The predicted octanol–water partition coefficient (Wildman–Crippen LogP) is 3.98. The summed E-state index contributed by atoms with van der Waals surface area (Å²) in [6.45, 7) is 4.66. The highest BCUT2D eigenvalue weighted by Crippen LogP contribution is 2.15. The Morgan fingerprint density at radius 1 is 1.13 bits per heavy atom. The minimum Gasteiger partial charge on any atom is -0.494 e. The van der Waals surface area contributed by atoms with Gasteiger partial charge in [-0.15, -0.1) is 0 Å². The molecule has 4 nitrogen and oxygen atoms in total. The summed E-state index contributed by atoms with van der Waals surface area (Å²) < 4.78 is 33.7. The van der Waals surface area contributed by atoms with Gasteiger partial charge in [-0.05, 0) is 43.2 Å². The van der Waals surface area contributed by atoms with E-state index in [2.05, 4.69) is 11.3 Å². The molecule has 0 saturated carbocycles. The van der Waals surface area contributed by atoms with E-state index in [1.54, 1.807) is 36.4 Å². The van der Waals surface area contributed by atoms with E-state index < -0.39 is 10.0 Å². The van der Waals surface area contributed by atoms with Crippen LogP contribution in [0.1, 0.15) is 30.9 Å². The minimum absolute atomic E-state index is 0.190. The molecule has 0 aliphatic heterocycles. The van der Waals surface area contributed by atoms with Crippen molar-refractivity contribution in [1.82, 2.24) is 0 Å². The number of aryl methyl sites for hydroxylation is 1. The topological polar surface area (TPSA) is 55.7 Å². The maximum atomic E-state index is 12.2. The number of rotatable bonds is 7. The molecule has 2 rings (SSSR count). The van der Waals surface area contributed by atoms with E-state index in [0.717, 1.165) is 24.2 Å². The highest BCUT2D eigenvalue weighted by molar-refractivity contribution is 7.90. The van der Waals surface area contributed by atoms with Crippen LogP contribution in [0.15, 0.2) is 57.8 Å². The molecule has 2 aromatic rings. The number of benzene rings is 2. The first-order valence-electron chi connectivity index (χ1n) is 7.61. The number of unbranched alkanes of at least 4 members (excludes halogenated alkanes) is 1. The molecule has 0 heterocycles.